The van der Waals surface area contributed by atoms with Crippen LogP contribution in [0.5, 0.6) is 0 Å². The summed E-state index contributed by atoms with van der Waals surface area (Å²) in [4.78, 5) is 20.5. The summed E-state index contributed by atoms with van der Waals surface area (Å²) in [6.07, 6.45) is 0.511. The van der Waals surface area contributed by atoms with E-state index in [1.807, 2.05) is 6.92 Å². The van der Waals surface area contributed by atoms with Gasteiger partial charge in [0, 0.05) is 55.9 Å². The number of likely N-dealkylation sites (tertiary alicyclic amines) is 1. The number of halogens is 3. The fourth-order valence-electron chi connectivity index (χ4n) is 6.06. The second-order valence-corrected chi connectivity index (χ2v) is 14.0. The molecule has 2 atom stereocenters. The van der Waals surface area contributed by atoms with Gasteiger partial charge in [-0.2, -0.15) is 13.2 Å². The van der Waals surface area contributed by atoms with E-state index in [0.29, 0.717) is 17.3 Å². The summed E-state index contributed by atoms with van der Waals surface area (Å²) in [6.45, 7) is 6.04. The fraction of sp³-hybridized carbons (Fsp3) is 0.500. The summed E-state index contributed by atoms with van der Waals surface area (Å²) in [5, 5.41) is 6.23. The second kappa shape index (κ2) is 13.4. The monoisotopic (exact) mass is 645 g/mol. The SMILES string of the molecule is Cc1ccc(S(C)(=O)=O)cc1NCC#Cc1cc(C(=O)N[C@H]2CCN(C3CCOCC3)C[C@@H]2C)c2ncn(CC(F)(F)F)c2c1. The molecule has 0 bridgehead atoms. The lowest BCUT2D eigenvalue weighted by Gasteiger charge is -2.42. The van der Waals surface area contributed by atoms with Crippen molar-refractivity contribution < 1.29 is 31.1 Å². The van der Waals surface area contributed by atoms with Crippen LogP contribution in [-0.2, 0) is 21.1 Å². The van der Waals surface area contributed by atoms with Gasteiger partial charge in [-0.3, -0.25) is 9.69 Å². The Hall–Kier alpha value is -3.60. The van der Waals surface area contributed by atoms with Gasteiger partial charge >= 0.3 is 6.18 Å². The number of carbonyl (C=O) groups excluding carboxylic acids is 1. The van der Waals surface area contributed by atoms with Crippen LogP contribution in [0, 0.1) is 24.7 Å². The predicted octanol–water partition coefficient (Wildman–Crippen LogP) is 4.39. The molecule has 2 saturated heterocycles. The van der Waals surface area contributed by atoms with Gasteiger partial charge in [0.05, 0.1) is 28.8 Å². The Morgan fingerprint density at radius 3 is 2.60 bits per heavy atom. The zero-order valence-corrected chi connectivity index (χ0v) is 26.4. The average Bonchev–Trinajstić information content (AvgIpc) is 3.37. The molecule has 1 aromatic heterocycles. The average molecular weight is 646 g/mol. The summed E-state index contributed by atoms with van der Waals surface area (Å²) in [5.74, 6) is 5.68. The Balaban J connectivity index is 1.36. The first kappa shape index (κ1) is 32.8. The van der Waals surface area contributed by atoms with E-state index in [1.165, 1.54) is 18.2 Å². The number of piperidine rings is 1. The number of ether oxygens (including phenoxy) is 1. The lowest BCUT2D eigenvalue weighted by Crippen LogP contribution is -2.53. The highest BCUT2D eigenvalue weighted by atomic mass is 32.2. The molecule has 0 unspecified atom stereocenters. The van der Waals surface area contributed by atoms with Crippen LogP contribution in [0.25, 0.3) is 11.0 Å². The number of nitrogens with one attached hydrogen (secondary N) is 2. The number of carbonyl (C=O) groups is 1. The van der Waals surface area contributed by atoms with E-state index in [0.717, 1.165) is 68.3 Å². The van der Waals surface area contributed by atoms with Crippen molar-refractivity contribution in [2.45, 2.75) is 62.8 Å². The van der Waals surface area contributed by atoms with E-state index in [2.05, 4.69) is 39.3 Å². The molecule has 0 spiro atoms. The molecular formula is C32H38F3N5O4S. The number of imidazole rings is 1. The number of anilines is 1. The van der Waals surface area contributed by atoms with Crippen molar-refractivity contribution in [1.82, 2.24) is 19.8 Å². The number of rotatable bonds is 7. The predicted molar refractivity (Wildman–Crippen MR) is 166 cm³/mol. The van der Waals surface area contributed by atoms with Gasteiger partial charge in [0.2, 0.25) is 0 Å². The molecule has 0 saturated carbocycles. The highest BCUT2D eigenvalue weighted by Gasteiger charge is 2.33. The molecule has 0 radical (unpaired) electrons. The highest BCUT2D eigenvalue weighted by Crippen LogP contribution is 2.27. The molecule has 45 heavy (non-hydrogen) atoms. The number of hydrogen-bond donors (Lipinski definition) is 2. The number of alkyl halides is 3. The topological polar surface area (TPSA) is 106 Å². The minimum atomic E-state index is -4.48. The Morgan fingerprint density at radius 2 is 1.91 bits per heavy atom. The van der Waals surface area contributed by atoms with Crippen molar-refractivity contribution in [3.05, 3.63) is 53.3 Å². The van der Waals surface area contributed by atoms with Gasteiger partial charge in [-0.15, -0.1) is 0 Å². The Bertz CT molecular complexity index is 1720. The van der Waals surface area contributed by atoms with Crippen molar-refractivity contribution in [1.29, 1.82) is 0 Å². The maximum Gasteiger partial charge on any atom is 0.406 e. The Kier molecular flexibility index (Phi) is 9.77. The van der Waals surface area contributed by atoms with Crippen LogP contribution in [0.1, 0.15) is 47.7 Å². The van der Waals surface area contributed by atoms with E-state index in [-0.39, 0.29) is 40.0 Å². The zero-order chi connectivity index (χ0) is 32.4. The van der Waals surface area contributed by atoms with E-state index in [1.54, 1.807) is 12.1 Å². The van der Waals surface area contributed by atoms with Gasteiger partial charge in [-0.05, 0) is 61.9 Å². The van der Waals surface area contributed by atoms with Crippen molar-refractivity contribution in [2.24, 2.45) is 5.92 Å². The number of aryl methyl sites for hydroxylation is 1. The Labute approximate surface area is 261 Å². The number of aromatic nitrogens is 2. The molecule has 1 amide bonds. The number of fused-ring (bicyclic) bond motifs is 1. The lowest BCUT2D eigenvalue weighted by atomic mass is 9.91. The molecule has 242 valence electrons. The van der Waals surface area contributed by atoms with Crippen LogP contribution in [0.4, 0.5) is 18.9 Å². The third-order valence-electron chi connectivity index (χ3n) is 8.52. The highest BCUT2D eigenvalue weighted by molar-refractivity contribution is 7.90. The van der Waals surface area contributed by atoms with Gasteiger partial charge in [-0.25, -0.2) is 13.4 Å². The van der Waals surface area contributed by atoms with E-state index < -0.39 is 28.5 Å². The van der Waals surface area contributed by atoms with Crippen LogP contribution in [0.2, 0.25) is 0 Å². The summed E-state index contributed by atoms with van der Waals surface area (Å²) in [7, 11) is -3.39. The molecule has 2 aromatic carbocycles. The standard InChI is InChI=1S/C32H38F3N5O4S/c1-21-6-7-25(45(3,42)43)17-28(21)36-11-4-5-23-15-26(30-29(16-23)40(20-37-30)19-32(33,34)35)31(41)38-27-8-12-39(18-22(27)2)24-9-13-44-14-10-24/h6-7,15-17,20,22,24,27,36H,8-14,18-19H2,1-3H3,(H,38,41)/t22-,27-/m0/s1. The molecule has 0 aliphatic carbocycles. The normalized spacial score (nSPS) is 20.0. The van der Waals surface area contributed by atoms with Gasteiger partial charge < -0.3 is 19.9 Å². The van der Waals surface area contributed by atoms with Crippen LogP contribution in [-0.4, -0.2) is 86.1 Å². The van der Waals surface area contributed by atoms with Crippen LogP contribution in [0.3, 0.4) is 0 Å². The van der Waals surface area contributed by atoms with Crippen molar-refractivity contribution in [3.63, 3.8) is 0 Å². The summed E-state index contributed by atoms with van der Waals surface area (Å²) < 4.78 is 70.4. The van der Waals surface area contributed by atoms with Crippen LogP contribution in [0.15, 0.2) is 41.6 Å². The molecule has 2 fully saturated rings. The first-order valence-electron chi connectivity index (χ1n) is 15.0. The first-order valence-corrected chi connectivity index (χ1v) is 16.9. The van der Waals surface area contributed by atoms with Crippen molar-refractivity contribution in [3.8, 4) is 11.8 Å². The number of benzene rings is 2. The second-order valence-electron chi connectivity index (χ2n) is 12.0. The third kappa shape index (κ3) is 8.17. The van der Waals surface area contributed by atoms with Gasteiger partial charge in [0.1, 0.15) is 12.1 Å². The van der Waals surface area contributed by atoms with Gasteiger partial charge in [-0.1, -0.05) is 24.8 Å². The van der Waals surface area contributed by atoms with E-state index in [9.17, 15) is 26.4 Å². The summed E-state index contributed by atoms with van der Waals surface area (Å²) in [6, 6.07) is 8.21. The quantitative estimate of drug-likeness (QED) is 0.368. The number of amides is 1. The van der Waals surface area contributed by atoms with Gasteiger partial charge in [0.15, 0.2) is 9.84 Å². The largest absolute Gasteiger partial charge is 0.406 e. The zero-order valence-electron chi connectivity index (χ0n) is 25.6. The van der Waals surface area contributed by atoms with Crippen LogP contribution < -0.4 is 10.6 Å². The molecule has 13 heteroatoms. The molecular weight excluding hydrogens is 607 g/mol. The molecule has 2 aliphatic heterocycles. The Morgan fingerprint density at radius 1 is 1.16 bits per heavy atom. The number of nitrogens with zero attached hydrogens (tertiary/aromatic N) is 3. The maximum atomic E-state index is 13.6. The van der Waals surface area contributed by atoms with Crippen LogP contribution >= 0.6 is 0 Å². The van der Waals surface area contributed by atoms with Crippen molar-refractivity contribution >= 4 is 32.5 Å². The number of hydrogen-bond acceptors (Lipinski definition) is 7. The number of sulfone groups is 1. The molecule has 2 aliphatic rings. The molecule has 2 N–H and O–H groups in total. The molecule has 9 nitrogen and oxygen atoms in total. The smallest absolute Gasteiger partial charge is 0.381 e. The molecule has 3 heterocycles. The minimum absolute atomic E-state index is 0.0919. The molecule has 5 rings (SSSR count). The minimum Gasteiger partial charge on any atom is -0.381 e. The van der Waals surface area contributed by atoms with Gasteiger partial charge in [0.25, 0.3) is 5.91 Å². The summed E-state index contributed by atoms with van der Waals surface area (Å²) in [5.41, 5.74) is 2.30. The fourth-order valence-corrected chi connectivity index (χ4v) is 6.70. The third-order valence-corrected chi connectivity index (χ3v) is 9.63. The first-order chi connectivity index (χ1) is 21.3. The van der Waals surface area contributed by atoms with E-state index >= 15 is 0 Å². The summed E-state index contributed by atoms with van der Waals surface area (Å²) >= 11 is 0. The lowest BCUT2D eigenvalue weighted by molar-refractivity contribution is -0.139. The van der Waals surface area contributed by atoms with E-state index in [4.69, 9.17) is 4.74 Å². The maximum absolute atomic E-state index is 13.6. The molecule has 3 aromatic rings. The van der Waals surface area contributed by atoms with Crippen molar-refractivity contribution in [2.75, 3.05) is 44.4 Å².